The molecule has 2 N–H and O–H groups in total. The summed E-state index contributed by atoms with van der Waals surface area (Å²) in [6.45, 7) is 7.01. The molecule has 2 aliphatic rings. The Hall–Kier alpha value is -1.28. The molecular formula is C24H39N3O3S2. The van der Waals surface area contributed by atoms with Gasteiger partial charge in [-0.1, -0.05) is 57.8 Å². The maximum Gasteiger partial charge on any atom is 0.324 e. The Balaban J connectivity index is 1.66. The molecule has 180 valence electrons. The number of nitrogens with one attached hydrogen (secondary N) is 1. The monoisotopic (exact) mass is 481 g/mol. The molecule has 3 rings (SSSR count). The number of urea groups is 1. The van der Waals surface area contributed by atoms with E-state index in [0.717, 1.165) is 35.8 Å². The number of thioether (sulfide) groups is 1. The minimum Gasteiger partial charge on any atom is -0.481 e. The molecule has 0 aromatic carbocycles. The number of aromatic nitrogens is 1. The number of hydrogen-bond donors (Lipinski definition) is 2. The Morgan fingerprint density at radius 2 is 1.72 bits per heavy atom. The van der Waals surface area contributed by atoms with Crippen molar-refractivity contribution in [2.45, 2.75) is 108 Å². The van der Waals surface area contributed by atoms with Crippen molar-refractivity contribution >= 4 is 40.2 Å². The molecule has 0 spiro atoms. The fourth-order valence-electron chi connectivity index (χ4n) is 5.16. The lowest BCUT2D eigenvalue weighted by atomic mass is 9.71. The van der Waals surface area contributed by atoms with Crippen LogP contribution in [0, 0.1) is 11.3 Å². The number of carbonyl (C=O) groups is 2. The smallest absolute Gasteiger partial charge is 0.324 e. The fraction of sp³-hybridized carbons (Fsp3) is 0.792. The maximum atomic E-state index is 13.5. The minimum absolute atomic E-state index is 0.00690. The van der Waals surface area contributed by atoms with Gasteiger partial charge in [0, 0.05) is 17.8 Å². The summed E-state index contributed by atoms with van der Waals surface area (Å²) < 4.78 is 0.938. The standard InChI is InChI=1S/C24H39N3O3S2/c1-24(2,3)17-10-12-19(13-11-17)27(18-8-6-4-5-7-9-18)23(30)26-22-25-16-21(32-22)31-15-14-20(28)29/h16-19H,4-15H2,1-3H3,(H,28,29)(H,25,26,30)/t17-,19-. The fourth-order valence-corrected chi connectivity index (χ4v) is 7.03. The minimum atomic E-state index is -0.796. The van der Waals surface area contributed by atoms with Crippen molar-refractivity contribution in [3.63, 3.8) is 0 Å². The predicted molar refractivity (Wildman–Crippen MR) is 133 cm³/mol. The van der Waals surface area contributed by atoms with Crippen molar-refractivity contribution in [2.24, 2.45) is 11.3 Å². The van der Waals surface area contributed by atoms with Crippen LogP contribution in [0.4, 0.5) is 9.93 Å². The number of aliphatic carboxylic acids is 1. The number of anilines is 1. The molecule has 0 atom stereocenters. The molecule has 2 fully saturated rings. The molecule has 32 heavy (non-hydrogen) atoms. The van der Waals surface area contributed by atoms with Gasteiger partial charge in [0.05, 0.1) is 16.8 Å². The number of amides is 2. The number of carbonyl (C=O) groups excluding carboxylic acids is 1. The first kappa shape index (κ1) is 25.3. The van der Waals surface area contributed by atoms with Gasteiger partial charge < -0.3 is 10.0 Å². The summed E-state index contributed by atoms with van der Waals surface area (Å²) in [5, 5.41) is 12.5. The number of rotatable bonds is 7. The van der Waals surface area contributed by atoms with Gasteiger partial charge in [-0.15, -0.1) is 11.8 Å². The topological polar surface area (TPSA) is 82.5 Å². The van der Waals surface area contributed by atoms with Gasteiger partial charge in [-0.2, -0.15) is 0 Å². The second-order valence-electron chi connectivity index (χ2n) is 10.3. The first-order valence-corrected chi connectivity index (χ1v) is 13.9. The summed E-state index contributed by atoms with van der Waals surface area (Å²) in [6, 6.07) is 0.617. The number of hydrogen-bond acceptors (Lipinski definition) is 5. The number of nitrogens with zero attached hydrogens (tertiary/aromatic N) is 2. The highest BCUT2D eigenvalue weighted by atomic mass is 32.2. The van der Waals surface area contributed by atoms with E-state index in [2.05, 4.69) is 36.0 Å². The van der Waals surface area contributed by atoms with Crippen LogP contribution in [0.2, 0.25) is 0 Å². The zero-order valence-corrected chi connectivity index (χ0v) is 21.4. The van der Waals surface area contributed by atoms with Crippen LogP contribution in [0.25, 0.3) is 0 Å². The highest BCUT2D eigenvalue weighted by Crippen LogP contribution is 2.40. The zero-order chi connectivity index (χ0) is 23.1. The average Bonchev–Trinajstić information content (AvgIpc) is 2.99. The molecule has 1 heterocycles. The first-order valence-electron chi connectivity index (χ1n) is 12.1. The van der Waals surface area contributed by atoms with Crippen LogP contribution < -0.4 is 5.32 Å². The lowest BCUT2D eigenvalue weighted by Crippen LogP contribution is -2.50. The van der Waals surface area contributed by atoms with Crippen molar-refractivity contribution in [1.82, 2.24) is 9.88 Å². The number of carboxylic acid groups (broad SMARTS) is 1. The molecule has 0 aliphatic heterocycles. The Bertz CT molecular complexity index is 746. The Morgan fingerprint density at radius 1 is 1.09 bits per heavy atom. The van der Waals surface area contributed by atoms with Crippen molar-refractivity contribution in [3.05, 3.63) is 6.20 Å². The van der Waals surface area contributed by atoms with E-state index < -0.39 is 5.97 Å². The Morgan fingerprint density at radius 3 is 2.31 bits per heavy atom. The van der Waals surface area contributed by atoms with Crippen LogP contribution in [0.1, 0.15) is 91.4 Å². The van der Waals surface area contributed by atoms with E-state index in [1.807, 2.05) is 0 Å². The van der Waals surface area contributed by atoms with Gasteiger partial charge in [0.25, 0.3) is 0 Å². The summed E-state index contributed by atoms with van der Waals surface area (Å²) >= 11 is 2.91. The van der Waals surface area contributed by atoms with Gasteiger partial charge in [-0.3, -0.25) is 10.1 Å². The molecular weight excluding hydrogens is 442 g/mol. The molecule has 2 amide bonds. The van der Waals surface area contributed by atoms with Crippen molar-refractivity contribution in [1.29, 1.82) is 0 Å². The van der Waals surface area contributed by atoms with Crippen LogP contribution in [0.5, 0.6) is 0 Å². The molecule has 6 nitrogen and oxygen atoms in total. The van der Waals surface area contributed by atoms with Crippen LogP contribution in [0.3, 0.4) is 0 Å². The summed E-state index contributed by atoms with van der Waals surface area (Å²) in [6.07, 6.45) is 13.5. The van der Waals surface area contributed by atoms with E-state index >= 15 is 0 Å². The van der Waals surface area contributed by atoms with Crippen molar-refractivity contribution < 1.29 is 14.7 Å². The predicted octanol–water partition coefficient (Wildman–Crippen LogP) is 6.87. The molecule has 0 radical (unpaired) electrons. The van der Waals surface area contributed by atoms with Crippen molar-refractivity contribution in [3.8, 4) is 0 Å². The third-order valence-electron chi connectivity index (χ3n) is 7.03. The molecule has 1 aromatic rings. The Kier molecular flexibility index (Phi) is 9.29. The summed E-state index contributed by atoms with van der Waals surface area (Å²) in [5.41, 5.74) is 0.329. The van der Waals surface area contributed by atoms with Gasteiger partial charge >= 0.3 is 12.0 Å². The second-order valence-corrected chi connectivity index (χ2v) is 12.8. The largest absolute Gasteiger partial charge is 0.481 e. The van der Waals surface area contributed by atoms with Gasteiger partial charge in [-0.25, -0.2) is 9.78 Å². The third kappa shape index (κ3) is 7.37. The van der Waals surface area contributed by atoms with Gasteiger partial charge in [-0.05, 0) is 49.9 Å². The molecule has 2 aliphatic carbocycles. The lowest BCUT2D eigenvalue weighted by Gasteiger charge is -2.43. The van der Waals surface area contributed by atoms with E-state index in [9.17, 15) is 9.59 Å². The van der Waals surface area contributed by atoms with Crippen LogP contribution >= 0.6 is 23.1 Å². The molecule has 1 aromatic heterocycles. The van der Waals surface area contributed by atoms with E-state index in [1.54, 1.807) is 6.20 Å². The van der Waals surface area contributed by atoms with E-state index in [-0.39, 0.29) is 12.5 Å². The maximum absolute atomic E-state index is 13.5. The molecule has 0 unspecified atom stereocenters. The third-order valence-corrected chi connectivity index (χ3v) is 9.14. The summed E-state index contributed by atoms with van der Waals surface area (Å²) in [4.78, 5) is 30.8. The van der Waals surface area contributed by atoms with E-state index in [1.165, 1.54) is 61.6 Å². The second kappa shape index (κ2) is 11.7. The normalized spacial score (nSPS) is 22.8. The van der Waals surface area contributed by atoms with Gasteiger partial charge in [0.2, 0.25) is 0 Å². The Labute approximate surface area is 200 Å². The SMILES string of the molecule is CC(C)(C)[C@H]1CC[C@H](N(C(=O)Nc2ncc(SCCC(=O)O)s2)C2CCCCCC2)CC1. The van der Waals surface area contributed by atoms with Crippen molar-refractivity contribution in [2.75, 3.05) is 11.1 Å². The average molecular weight is 482 g/mol. The van der Waals surface area contributed by atoms with E-state index in [0.29, 0.717) is 28.4 Å². The molecule has 0 bridgehead atoms. The molecule has 8 heteroatoms. The quantitative estimate of drug-likeness (QED) is 0.328. The van der Waals surface area contributed by atoms with Crippen LogP contribution in [-0.4, -0.2) is 44.8 Å². The van der Waals surface area contributed by atoms with Gasteiger partial charge in [0.15, 0.2) is 5.13 Å². The zero-order valence-electron chi connectivity index (χ0n) is 19.8. The molecule has 2 saturated carbocycles. The van der Waals surface area contributed by atoms with Gasteiger partial charge in [0.1, 0.15) is 0 Å². The molecule has 0 saturated heterocycles. The highest BCUT2D eigenvalue weighted by molar-refractivity contribution is 8.01. The van der Waals surface area contributed by atoms with E-state index in [4.69, 9.17) is 5.11 Å². The lowest BCUT2D eigenvalue weighted by molar-refractivity contribution is -0.136. The number of thiazole rings is 1. The number of carboxylic acids is 1. The summed E-state index contributed by atoms with van der Waals surface area (Å²) in [7, 11) is 0. The highest BCUT2D eigenvalue weighted by Gasteiger charge is 2.36. The van der Waals surface area contributed by atoms with Crippen LogP contribution in [-0.2, 0) is 4.79 Å². The first-order chi connectivity index (χ1) is 15.2. The summed E-state index contributed by atoms with van der Waals surface area (Å²) in [5.74, 6) is 0.439. The van der Waals surface area contributed by atoms with Crippen LogP contribution in [0.15, 0.2) is 10.4 Å².